The van der Waals surface area contributed by atoms with Crippen LogP contribution < -0.4 is 0 Å². The lowest BCUT2D eigenvalue weighted by Gasteiger charge is -2.35. The molecule has 1 fully saturated rings. The Kier molecular flexibility index (Phi) is 5.71. The van der Waals surface area contributed by atoms with Gasteiger partial charge >= 0.3 is 0 Å². The first kappa shape index (κ1) is 18.2. The fraction of sp³-hybridized carbons (Fsp3) is 0.364. The van der Waals surface area contributed by atoms with E-state index in [1.54, 1.807) is 0 Å². The largest absolute Gasteiger partial charge is 0.339 e. The molecule has 0 bridgehead atoms. The Labute approximate surface area is 155 Å². The standard InChI is InChI=1S/C22H26N2O2/c1-17-7-3-5-9-19(17)15-21(25)23-11-13-24(14-12-23)22(26)16-20-10-6-4-8-18(20)2/h3-10H,11-16H2,1-2H3. The number of aryl methyl sites for hydroxylation is 2. The molecular formula is C22H26N2O2. The van der Waals surface area contributed by atoms with Gasteiger partial charge in [-0.2, -0.15) is 0 Å². The van der Waals surface area contributed by atoms with E-state index in [0.29, 0.717) is 39.0 Å². The quantitative estimate of drug-likeness (QED) is 0.851. The Balaban J connectivity index is 1.52. The number of piperazine rings is 1. The van der Waals surface area contributed by atoms with Gasteiger partial charge in [-0.15, -0.1) is 0 Å². The summed E-state index contributed by atoms with van der Waals surface area (Å²) in [5, 5.41) is 0. The molecule has 4 heteroatoms. The first-order chi connectivity index (χ1) is 12.5. The summed E-state index contributed by atoms with van der Waals surface area (Å²) in [6.45, 7) is 6.53. The van der Waals surface area contributed by atoms with Crippen LogP contribution in [0.15, 0.2) is 48.5 Å². The van der Waals surface area contributed by atoms with Crippen molar-refractivity contribution < 1.29 is 9.59 Å². The first-order valence-corrected chi connectivity index (χ1v) is 9.19. The molecule has 0 spiro atoms. The smallest absolute Gasteiger partial charge is 0.227 e. The Hall–Kier alpha value is -2.62. The number of hydrogen-bond donors (Lipinski definition) is 0. The fourth-order valence-electron chi connectivity index (χ4n) is 3.37. The zero-order valence-corrected chi connectivity index (χ0v) is 15.6. The molecule has 4 nitrogen and oxygen atoms in total. The van der Waals surface area contributed by atoms with E-state index in [9.17, 15) is 9.59 Å². The highest BCUT2D eigenvalue weighted by Gasteiger charge is 2.24. The summed E-state index contributed by atoms with van der Waals surface area (Å²) in [6.07, 6.45) is 0.869. The Morgan fingerprint density at radius 3 is 1.38 bits per heavy atom. The molecule has 1 aliphatic rings. The lowest BCUT2D eigenvalue weighted by Crippen LogP contribution is -2.51. The maximum absolute atomic E-state index is 12.6. The van der Waals surface area contributed by atoms with Gasteiger partial charge in [-0.25, -0.2) is 0 Å². The number of rotatable bonds is 4. The molecule has 136 valence electrons. The van der Waals surface area contributed by atoms with Gasteiger partial charge in [-0.1, -0.05) is 48.5 Å². The van der Waals surface area contributed by atoms with E-state index in [1.807, 2.05) is 72.2 Å². The van der Waals surface area contributed by atoms with Crippen molar-refractivity contribution in [3.05, 3.63) is 70.8 Å². The molecule has 1 heterocycles. The Bertz CT molecular complexity index is 725. The van der Waals surface area contributed by atoms with Crippen molar-refractivity contribution in [2.75, 3.05) is 26.2 Å². The van der Waals surface area contributed by atoms with Crippen LogP contribution in [-0.2, 0) is 22.4 Å². The lowest BCUT2D eigenvalue weighted by molar-refractivity contribution is -0.138. The molecule has 2 aromatic carbocycles. The molecule has 2 aromatic rings. The molecule has 0 aromatic heterocycles. The predicted molar refractivity (Wildman–Crippen MR) is 103 cm³/mol. The third kappa shape index (κ3) is 4.31. The summed E-state index contributed by atoms with van der Waals surface area (Å²) in [6, 6.07) is 16.0. The molecule has 0 saturated carbocycles. The summed E-state index contributed by atoms with van der Waals surface area (Å²) < 4.78 is 0. The molecular weight excluding hydrogens is 324 g/mol. The molecule has 1 saturated heterocycles. The SMILES string of the molecule is Cc1ccccc1CC(=O)N1CCN(C(=O)Cc2ccccc2C)CC1. The van der Waals surface area contributed by atoms with Gasteiger partial charge in [0.15, 0.2) is 0 Å². The molecule has 0 radical (unpaired) electrons. The highest BCUT2D eigenvalue weighted by atomic mass is 16.2. The van der Waals surface area contributed by atoms with Gasteiger partial charge in [0.2, 0.25) is 11.8 Å². The maximum atomic E-state index is 12.6. The molecule has 1 aliphatic heterocycles. The van der Waals surface area contributed by atoms with Crippen molar-refractivity contribution in [3.63, 3.8) is 0 Å². The molecule has 26 heavy (non-hydrogen) atoms. The maximum Gasteiger partial charge on any atom is 0.227 e. The van der Waals surface area contributed by atoms with Crippen LogP contribution in [0.25, 0.3) is 0 Å². The predicted octanol–water partition coefficient (Wildman–Crippen LogP) is 2.76. The summed E-state index contributed by atoms with van der Waals surface area (Å²) in [5.41, 5.74) is 4.45. The van der Waals surface area contributed by atoms with Crippen LogP contribution in [-0.4, -0.2) is 47.8 Å². The fourth-order valence-corrected chi connectivity index (χ4v) is 3.37. The van der Waals surface area contributed by atoms with E-state index in [4.69, 9.17) is 0 Å². The lowest BCUT2D eigenvalue weighted by atomic mass is 10.0. The number of benzene rings is 2. The van der Waals surface area contributed by atoms with Gasteiger partial charge in [-0.3, -0.25) is 9.59 Å². The van der Waals surface area contributed by atoms with Crippen LogP contribution in [0.3, 0.4) is 0 Å². The van der Waals surface area contributed by atoms with Gasteiger partial charge in [0.05, 0.1) is 12.8 Å². The summed E-state index contributed by atoms with van der Waals surface area (Å²) in [7, 11) is 0. The zero-order valence-electron chi connectivity index (χ0n) is 15.6. The van der Waals surface area contributed by atoms with Crippen LogP contribution in [0.4, 0.5) is 0 Å². The van der Waals surface area contributed by atoms with Gasteiger partial charge in [0.25, 0.3) is 0 Å². The normalized spacial score (nSPS) is 14.4. The Morgan fingerprint density at radius 1 is 0.692 bits per heavy atom. The molecule has 0 unspecified atom stereocenters. The molecule has 3 rings (SSSR count). The van der Waals surface area contributed by atoms with Crippen molar-refractivity contribution in [1.82, 2.24) is 9.80 Å². The topological polar surface area (TPSA) is 40.6 Å². The van der Waals surface area contributed by atoms with E-state index in [1.165, 1.54) is 0 Å². The summed E-state index contributed by atoms with van der Waals surface area (Å²) in [5.74, 6) is 0.288. The van der Waals surface area contributed by atoms with Gasteiger partial charge < -0.3 is 9.80 Å². The van der Waals surface area contributed by atoms with Crippen molar-refractivity contribution in [2.24, 2.45) is 0 Å². The van der Waals surface area contributed by atoms with Gasteiger partial charge in [-0.05, 0) is 36.1 Å². The third-order valence-electron chi connectivity index (χ3n) is 5.19. The number of carbonyl (C=O) groups is 2. The van der Waals surface area contributed by atoms with Crippen molar-refractivity contribution >= 4 is 11.8 Å². The van der Waals surface area contributed by atoms with Crippen molar-refractivity contribution in [3.8, 4) is 0 Å². The number of carbonyl (C=O) groups excluding carboxylic acids is 2. The molecule has 0 N–H and O–H groups in total. The first-order valence-electron chi connectivity index (χ1n) is 9.19. The van der Waals surface area contributed by atoms with Crippen LogP contribution in [0, 0.1) is 13.8 Å². The highest BCUT2D eigenvalue weighted by molar-refractivity contribution is 5.81. The van der Waals surface area contributed by atoms with Crippen molar-refractivity contribution in [1.29, 1.82) is 0 Å². The number of nitrogens with zero attached hydrogens (tertiary/aromatic N) is 2. The van der Waals surface area contributed by atoms with Gasteiger partial charge in [0.1, 0.15) is 0 Å². The Morgan fingerprint density at radius 2 is 1.04 bits per heavy atom. The second-order valence-corrected chi connectivity index (χ2v) is 6.97. The van der Waals surface area contributed by atoms with Crippen LogP contribution in [0.2, 0.25) is 0 Å². The highest BCUT2D eigenvalue weighted by Crippen LogP contribution is 2.13. The second kappa shape index (κ2) is 8.17. The molecule has 0 atom stereocenters. The van der Waals surface area contributed by atoms with Crippen molar-refractivity contribution in [2.45, 2.75) is 26.7 Å². The van der Waals surface area contributed by atoms with E-state index >= 15 is 0 Å². The minimum atomic E-state index is 0.144. The van der Waals surface area contributed by atoms with E-state index in [2.05, 4.69) is 0 Å². The van der Waals surface area contributed by atoms with Crippen LogP contribution in [0.5, 0.6) is 0 Å². The third-order valence-corrected chi connectivity index (χ3v) is 5.19. The minimum absolute atomic E-state index is 0.144. The zero-order chi connectivity index (χ0) is 18.5. The van der Waals surface area contributed by atoms with Crippen LogP contribution in [0.1, 0.15) is 22.3 Å². The molecule has 2 amide bonds. The second-order valence-electron chi connectivity index (χ2n) is 6.97. The number of hydrogen-bond acceptors (Lipinski definition) is 2. The average molecular weight is 350 g/mol. The summed E-state index contributed by atoms with van der Waals surface area (Å²) in [4.78, 5) is 28.9. The monoisotopic (exact) mass is 350 g/mol. The van der Waals surface area contributed by atoms with E-state index in [-0.39, 0.29) is 11.8 Å². The van der Waals surface area contributed by atoms with Crippen LogP contribution >= 0.6 is 0 Å². The number of amides is 2. The van der Waals surface area contributed by atoms with Gasteiger partial charge in [0, 0.05) is 26.2 Å². The minimum Gasteiger partial charge on any atom is -0.339 e. The van der Waals surface area contributed by atoms with E-state index < -0.39 is 0 Å². The summed E-state index contributed by atoms with van der Waals surface area (Å²) >= 11 is 0. The molecule has 0 aliphatic carbocycles. The average Bonchev–Trinajstić information content (AvgIpc) is 2.65. The van der Waals surface area contributed by atoms with E-state index in [0.717, 1.165) is 22.3 Å².